The lowest BCUT2D eigenvalue weighted by molar-refractivity contribution is -0.145. The topological polar surface area (TPSA) is 70.1 Å². The normalized spacial score (nSPS) is 16.6. The van der Waals surface area contributed by atoms with E-state index in [1.54, 1.807) is 48.5 Å². The van der Waals surface area contributed by atoms with Crippen LogP contribution >= 0.6 is 0 Å². The van der Waals surface area contributed by atoms with Gasteiger partial charge in [0, 0.05) is 37.3 Å². The molecule has 0 aromatic heterocycles. The highest BCUT2D eigenvalue weighted by Crippen LogP contribution is 2.23. The highest BCUT2D eigenvalue weighted by Gasteiger charge is 2.22. The number of hydrogen-bond acceptors (Lipinski definition) is 5. The first kappa shape index (κ1) is 19.1. The molecule has 1 aliphatic heterocycles. The molecule has 6 nitrogen and oxygen atoms in total. The molecule has 0 saturated carbocycles. The standard InChI is InChI=1S/C21H24N2O4/c1-22-11-13-23(14-12-22)15-19(24)16-7-9-18(10-8-16)27-20(21(25)26)17-5-3-2-4-6-17/h2-10,20H,11-15H2,1H3,(H,25,26). The third kappa shape index (κ3) is 5.15. The van der Waals surface area contributed by atoms with E-state index in [9.17, 15) is 14.7 Å². The largest absolute Gasteiger partial charge is 0.478 e. The van der Waals surface area contributed by atoms with E-state index in [-0.39, 0.29) is 5.78 Å². The number of piperazine rings is 1. The second kappa shape index (κ2) is 8.79. The van der Waals surface area contributed by atoms with E-state index >= 15 is 0 Å². The Morgan fingerprint density at radius 2 is 1.63 bits per heavy atom. The zero-order valence-electron chi connectivity index (χ0n) is 15.4. The van der Waals surface area contributed by atoms with Crippen LogP contribution in [0.1, 0.15) is 22.0 Å². The van der Waals surface area contributed by atoms with Crippen LogP contribution in [0.4, 0.5) is 0 Å². The van der Waals surface area contributed by atoms with E-state index in [2.05, 4.69) is 16.8 Å². The minimum Gasteiger partial charge on any atom is -0.478 e. The molecule has 2 aromatic carbocycles. The number of aliphatic carboxylic acids is 1. The highest BCUT2D eigenvalue weighted by molar-refractivity contribution is 5.97. The van der Waals surface area contributed by atoms with Crippen LogP contribution in [-0.4, -0.2) is 66.4 Å². The molecule has 1 atom stereocenters. The van der Waals surface area contributed by atoms with Crippen molar-refractivity contribution in [3.05, 3.63) is 65.7 Å². The summed E-state index contributed by atoms with van der Waals surface area (Å²) in [6, 6.07) is 15.5. The SMILES string of the molecule is CN1CCN(CC(=O)c2ccc(OC(C(=O)O)c3ccccc3)cc2)CC1. The van der Waals surface area contributed by atoms with Gasteiger partial charge in [-0.1, -0.05) is 30.3 Å². The van der Waals surface area contributed by atoms with Crippen molar-refractivity contribution < 1.29 is 19.4 Å². The van der Waals surface area contributed by atoms with Crippen LogP contribution in [0.15, 0.2) is 54.6 Å². The Bertz CT molecular complexity index is 769. The van der Waals surface area contributed by atoms with Crippen molar-refractivity contribution in [1.82, 2.24) is 9.80 Å². The van der Waals surface area contributed by atoms with Gasteiger partial charge in [0.25, 0.3) is 0 Å². The number of carboxylic acids is 1. The summed E-state index contributed by atoms with van der Waals surface area (Å²) < 4.78 is 5.63. The molecule has 3 rings (SSSR count). The Kier molecular flexibility index (Phi) is 6.21. The Hall–Kier alpha value is -2.70. The van der Waals surface area contributed by atoms with Gasteiger partial charge in [-0.3, -0.25) is 9.69 Å². The second-order valence-electron chi connectivity index (χ2n) is 6.77. The molecule has 2 aromatic rings. The number of rotatable bonds is 7. The smallest absolute Gasteiger partial charge is 0.349 e. The molecule has 0 bridgehead atoms. The van der Waals surface area contributed by atoms with E-state index in [0.29, 0.717) is 23.4 Å². The van der Waals surface area contributed by atoms with Gasteiger partial charge in [0.05, 0.1) is 6.54 Å². The van der Waals surface area contributed by atoms with Gasteiger partial charge in [0.1, 0.15) is 5.75 Å². The van der Waals surface area contributed by atoms with E-state index in [1.807, 2.05) is 6.07 Å². The number of hydrogen-bond donors (Lipinski definition) is 1. The van der Waals surface area contributed by atoms with Gasteiger partial charge in [-0.05, 0) is 31.3 Å². The minimum atomic E-state index is -1.09. The minimum absolute atomic E-state index is 0.0592. The maximum Gasteiger partial charge on any atom is 0.349 e. The second-order valence-corrected chi connectivity index (χ2v) is 6.77. The predicted octanol–water partition coefficient (Wildman–Crippen LogP) is 2.32. The van der Waals surface area contributed by atoms with Crippen molar-refractivity contribution in [3.63, 3.8) is 0 Å². The van der Waals surface area contributed by atoms with Gasteiger partial charge >= 0.3 is 5.97 Å². The number of likely N-dealkylation sites (N-methyl/N-ethyl adjacent to an activating group) is 1. The number of carbonyl (C=O) groups excluding carboxylic acids is 1. The van der Waals surface area contributed by atoms with Crippen molar-refractivity contribution in [2.24, 2.45) is 0 Å². The summed E-state index contributed by atoms with van der Waals surface area (Å²) in [7, 11) is 2.08. The van der Waals surface area contributed by atoms with Crippen LogP contribution in [-0.2, 0) is 4.79 Å². The molecule has 1 fully saturated rings. The van der Waals surface area contributed by atoms with Gasteiger partial charge in [-0.25, -0.2) is 4.79 Å². The van der Waals surface area contributed by atoms with Crippen LogP contribution in [0, 0.1) is 0 Å². The molecule has 1 N–H and O–H groups in total. The first-order chi connectivity index (χ1) is 13.0. The van der Waals surface area contributed by atoms with Gasteiger partial charge in [0.2, 0.25) is 6.10 Å². The van der Waals surface area contributed by atoms with E-state index in [0.717, 1.165) is 26.2 Å². The van der Waals surface area contributed by atoms with E-state index < -0.39 is 12.1 Å². The van der Waals surface area contributed by atoms with Gasteiger partial charge < -0.3 is 14.7 Å². The maximum atomic E-state index is 12.5. The van der Waals surface area contributed by atoms with Gasteiger partial charge in [0.15, 0.2) is 5.78 Å². The lowest BCUT2D eigenvalue weighted by Gasteiger charge is -2.31. The molecule has 142 valence electrons. The van der Waals surface area contributed by atoms with Crippen molar-refractivity contribution in [2.45, 2.75) is 6.10 Å². The summed E-state index contributed by atoms with van der Waals surface area (Å²) in [5.41, 5.74) is 1.17. The van der Waals surface area contributed by atoms with Crippen LogP contribution in [0.25, 0.3) is 0 Å². The Morgan fingerprint density at radius 1 is 1.00 bits per heavy atom. The molecule has 1 aliphatic rings. The van der Waals surface area contributed by atoms with Crippen molar-refractivity contribution in [1.29, 1.82) is 0 Å². The molecular weight excluding hydrogens is 344 g/mol. The Labute approximate surface area is 159 Å². The van der Waals surface area contributed by atoms with Crippen molar-refractivity contribution in [2.75, 3.05) is 39.8 Å². The molecular formula is C21H24N2O4. The molecule has 0 amide bonds. The summed E-state index contributed by atoms with van der Waals surface area (Å²) in [6.07, 6.45) is -1.09. The summed E-state index contributed by atoms with van der Waals surface area (Å²) in [6.45, 7) is 4.11. The van der Waals surface area contributed by atoms with Crippen molar-refractivity contribution >= 4 is 11.8 Å². The summed E-state index contributed by atoms with van der Waals surface area (Å²) in [4.78, 5) is 28.4. The fourth-order valence-electron chi connectivity index (χ4n) is 3.04. The number of ketones is 1. The fourth-order valence-corrected chi connectivity index (χ4v) is 3.04. The maximum absolute atomic E-state index is 12.5. The molecule has 0 aliphatic carbocycles. The third-order valence-corrected chi connectivity index (χ3v) is 4.72. The molecule has 1 saturated heterocycles. The summed E-state index contributed by atoms with van der Waals surface area (Å²) in [5, 5.41) is 9.44. The number of ether oxygens (including phenoxy) is 1. The zero-order chi connectivity index (χ0) is 19.2. The predicted molar refractivity (Wildman–Crippen MR) is 102 cm³/mol. The number of Topliss-reactive ketones (excluding diaryl/α,β-unsaturated/α-hetero) is 1. The number of carboxylic acid groups (broad SMARTS) is 1. The van der Waals surface area contributed by atoms with Gasteiger partial charge in [-0.2, -0.15) is 0 Å². The zero-order valence-corrected chi connectivity index (χ0v) is 15.4. The number of nitrogens with zero attached hydrogens (tertiary/aromatic N) is 2. The fraction of sp³-hybridized carbons (Fsp3) is 0.333. The summed E-state index contributed by atoms with van der Waals surface area (Å²) >= 11 is 0. The molecule has 1 unspecified atom stereocenters. The first-order valence-corrected chi connectivity index (χ1v) is 9.01. The molecule has 27 heavy (non-hydrogen) atoms. The monoisotopic (exact) mass is 368 g/mol. The van der Waals surface area contributed by atoms with Crippen LogP contribution in [0.2, 0.25) is 0 Å². The lowest BCUT2D eigenvalue weighted by Crippen LogP contribution is -2.46. The molecule has 0 spiro atoms. The highest BCUT2D eigenvalue weighted by atomic mass is 16.5. The molecule has 1 heterocycles. The number of carbonyl (C=O) groups is 2. The molecule has 6 heteroatoms. The average molecular weight is 368 g/mol. The van der Waals surface area contributed by atoms with E-state index in [4.69, 9.17) is 4.74 Å². The van der Waals surface area contributed by atoms with Crippen molar-refractivity contribution in [3.8, 4) is 5.75 Å². The Morgan fingerprint density at radius 3 is 2.22 bits per heavy atom. The van der Waals surface area contributed by atoms with Crippen LogP contribution in [0.3, 0.4) is 0 Å². The third-order valence-electron chi connectivity index (χ3n) is 4.72. The van der Waals surface area contributed by atoms with Crippen LogP contribution < -0.4 is 4.74 Å². The lowest BCUT2D eigenvalue weighted by atomic mass is 10.1. The average Bonchev–Trinajstić information content (AvgIpc) is 2.69. The van der Waals surface area contributed by atoms with Gasteiger partial charge in [-0.15, -0.1) is 0 Å². The number of benzene rings is 2. The van der Waals surface area contributed by atoms with E-state index in [1.165, 1.54) is 0 Å². The first-order valence-electron chi connectivity index (χ1n) is 9.01. The molecule has 0 radical (unpaired) electrons. The van der Waals surface area contributed by atoms with Crippen LogP contribution in [0.5, 0.6) is 5.75 Å². The summed E-state index contributed by atoms with van der Waals surface area (Å²) in [5.74, 6) is -0.581. The quantitative estimate of drug-likeness (QED) is 0.757. The Balaban J connectivity index is 1.62.